The molecule has 0 radical (unpaired) electrons. The first-order chi connectivity index (χ1) is 12.4. The van der Waals surface area contributed by atoms with Gasteiger partial charge < -0.3 is 19.8 Å². The summed E-state index contributed by atoms with van der Waals surface area (Å²) < 4.78 is 13.8. The van der Waals surface area contributed by atoms with E-state index in [4.69, 9.17) is 5.11 Å². The standard InChI is InChI=1S/C19H28FN3O3/c1-15(20)18(6-4-3-5-13-24)22-11-12-23(19(26)14-22)17-7-9-21(10-8-17)16(2)25/h3-4,6,17,24H,1,5,7-14H2,2H3/b4-3-,18-6+. The normalized spacial score (nSPS) is 20.2. The molecule has 0 aromatic heterocycles. The molecule has 0 spiro atoms. The zero-order chi connectivity index (χ0) is 19.1. The smallest absolute Gasteiger partial charge is 0.242 e. The Balaban J connectivity index is 1.95. The van der Waals surface area contributed by atoms with Gasteiger partial charge in [0.25, 0.3) is 0 Å². The van der Waals surface area contributed by atoms with Crippen LogP contribution in [-0.2, 0) is 9.59 Å². The first-order valence-electron chi connectivity index (χ1n) is 9.06. The number of carbonyl (C=O) groups is 2. The second kappa shape index (κ2) is 9.52. The van der Waals surface area contributed by atoms with Gasteiger partial charge in [-0.2, -0.15) is 0 Å². The van der Waals surface area contributed by atoms with E-state index in [1.165, 1.54) is 0 Å². The Morgan fingerprint density at radius 3 is 2.50 bits per heavy atom. The van der Waals surface area contributed by atoms with Crippen LogP contribution in [0.4, 0.5) is 4.39 Å². The number of hydrogen-bond donors (Lipinski definition) is 1. The number of hydrogen-bond acceptors (Lipinski definition) is 4. The molecule has 1 N–H and O–H groups in total. The SMILES string of the molecule is C=C(F)/C(=C\C=C/CCO)N1CCN(C2CCN(C(C)=O)CC2)C(=O)C1. The molecule has 0 unspecified atom stereocenters. The zero-order valence-electron chi connectivity index (χ0n) is 15.4. The van der Waals surface area contributed by atoms with Crippen molar-refractivity contribution in [3.63, 3.8) is 0 Å². The quantitative estimate of drug-likeness (QED) is 0.724. The van der Waals surface area contributed by atoms with Crippen LogP contribution in [0.5, 0.6) is 0 Å². The van der Waals surface area contributed by atoms with Crippen LogP contribution in [0.3, 0.4) is 0 Å². The highest BCUT2D eigenvalue weighted by molar-refractivity contribution is 5.80. The van der Waals surface area contributed by atoms with Crippen LogP contribution >= 0.6 is 0 Å². The summed E-state index contributed by atoms with van der Waals surface area (Å²) in [4.78, 5) is 29.4. The van der Waals surface area contributed by atoms with Crippen molar-refractivity contribution in [1.29, 1.82) is 0 Å². The average molecular weight is 365 g/mol. The molecule has 2 fully saturated rings. The van der Waals surface area contributed by atoms with Gasteiger partial charge in [0.2, 0.25) is 11.8 Å². The summed E-state index contributed by atoms with van der Waals surface area (Å²) in [5.74, 6) is -0.524. The van der Waals surface area contributed by atoms with E-state index in [0.29, 0.717) is 38.3 Å². The Morgan fingerprint density at radius 1 is 1.27 bits per heavy atom. The van der Waals surface area contributed by atoms with Crippen LogP contribution in [0.1, 0.15) is 26.2 Å². The van der Waals surface area contributed by atoms with Crippen LogP contribution in [0.25, 0.3) is 0 Å². The number of carbonyl (C=O) groups excluding carboxylic acids is 2. The van der Waals surface area contributed by atoms with E-state index in [2.05, 4.69) is 6.58 Å². The van der Waals surface area contributed by atoms with Gasteiger partial charge in [-0.3, -0.25) is 9.59 Å². The lowest BCUT2D eigenvalue weighted by Gasteiger charge is -2.43. The number of piperidine rings is 1. The fraction of sp³-hybridized carbons (Fsp3) is 0.579. The zero-order valence-corrected chi connectivity index (χ0v) is 15.4. The lowest BCUT2D eigenvalue weighted by atomic mass is 10.0. The molecule has 6 nitrogen and oxygen atoms in total. The van der Waals surface area contributed by atoms with Crippen molar-refractivity contribution < 1.29 is 19.1 Å². The average Bonchev–Trinajstić information content (AvgIpc) is 2.61. The molecule has 2 heterocycles. The second-order valence-corrected chi connectivity index (χ2v) is 6.64. The van der Waals surface area contributed by atoms with E-state index in [1.54, 1.807) is 30.1 Å². The van der Waals surface area contributed by atoms with Gasteiger partial charge in [-0.1, -0.05) is 18.7 Å². The van der Waals surface area contributed by atoms with Crippen molar-refractivity contribution in [3.05, 3.63) is 36.3 Å². The summed E-state index contributed by atoms with van der Waals surface area (Å²) in [7, 11) is 0. The second-order valence-electron chi connectivity index (χ2n) is 6.64. The topological polar surface area (TPSA) is 64.1 Å². The molecule has 0 aromatic carbocycles. The molecule has 0 aliphatic carbocycles. The van der Waals surface area contributed by atoms with Gasteiger partial charge in [-0.15, -0.1) is 0 Å². The lowest BCUT2D eigenvalue weighted by molar-refractivity contribution is -0.139. The fourth-order valence-electron chi connectivity index (χ4n) is 3.47. The highest BCUT2D eigenvalue weighted by Gasteiger charge is 2.33. The Bertz CT molecular complexity index is 595. The van der Waals surface area contributed by atoms with Gasteiger partial charge in [-0.05, 0) is 25.3 Å². The molecule has 0 bridgehead atoms. The highest BCUT2D eigenvalue weighted by Crippen LogP contribution is 2.23. The first-order valence-corrected chi connectivity index (χ1v) is 9.06. The molecule has 26 heavy (non-hydrogen) atoms. The highest BCUT2D eigenvalue weighted by atomic mass is 19.1. The van der Waals surface area contributed by atoms with Gasteiger partial charge >= 0.3 is 0 Å². The molecular formula is C19H28FN3O3. The number of nitrogens with zero attached hydrogens (tertiary/aromatic N) is 3. The molecule has 7 heteroatoms. The number of rotatable bonds is 6. The Kier molecular flexibility index (Phi) is 7.38. The Labute approximate surface area is 154 Å². The molecule has 0 atom stereocenters. The van der Waals surface area contributed by atoms with E-state index < -0.39 is 5.83 Å². The molecule has 144 valence electrons. The predicted octanol–water partition coefficient (Wildman–Crippen LogP) is 1.45. The van der Waals surface area contributed by atoms with E-state index in [-0.39, 0.29) is 31.0 Å². The van der Waals surface area contributed by atoms with Crippen LogP contribution in [0.15, 0.2) is 36.3 Å². The number of piperazine rings is 1. The number of aliphatic hydroxyl groups excluding tert-OH is 1. The third-order valence-electron chi connectivity index (χ3n) is 4.91. The summed E-state index contributed by atoms with van der Waals surface area (Å²) in [5, 5.41) is 8.78. The maximum Gasteiger partial charge on any atom is 0.242 e. The molecule has 0 aromatic rings. The van der Waals surface area contributed by atoms with E-state index in [0.717, 1.165) is 12.8 Å². The van der Waals surface area contributed by atoms with Crippen molar-refractivity contribution in [1.82, 2.24) is 14.7 Å². The number of halogens is 1. The van der Waals surface area contributed by atoms with E-state index in [1.807, 2.05) is 9.80 Å². The van der Waals surface area contributed by atoms with Crippen LogP contribution in [0.2, 0.25) is 0 Å². The largest absolute Gasteiger partial charge is 0.396 e. The fourth-order valence-corrected chi connectivity index (χ4v) is 3.47. The van der Waals surface area contributed by atoms with Gasteiger partial charge in [-0.25, -0.2) is 4.39 Å². The molecule has 2 aliphatic rings. The number of allylic oxidation sites excluding steroid dienone is 3. The van der Waals surface area contributed by atoms with Crippen molar-refractivity contribution >= 4 is 11.8 Å². The maximum absolute atomic E-state index is 13.8. The van der Waals surface area contributed by atoms with Crippen molar-refractivity contribution in [3.8, 4) is 0 Å². The van der Waals surface area contributed by atoms with Gasteiger partial charge in [0, 0.05) is 45.8 Å². The van der Waals surface area contributed by atoms with Crippen LogP contribution in [-0.4, -0.2) is 77.0 Å². The monoisotopic (exact) mass is 365 g/mol. The summed E-state index contributed by atoms with van der Waals surface area (Å²) in [6.45, 7) is 7.52. The van der Waals surface area contributed by atoms with E-state index >= 15 is 0 Å². The predicted molar refractivity (Wildman–Crippen MR) is 97.7 cm³/mol. The molecule has 2 amide bonds. The summed E-state index contributed by atoms with van der Waals surface area (Å²) >= 11 is 0. The van der Waals surface area contributed by atoms with Gasteiger partial charge in [0.05, 0.1) is 12.2 Å². The molecule has 2 aliphatic heterocycles. The van der Waals surface area contributed by atoms with Crippen molar-refractivity contribution in [2.75, 3.05) is 39.3 Å². The number of aliphatic hydroxyl groups is 1. The van der Waals surface area contributed by atoms with Crippen LogP contribution in [0, 0.1) is 0 Å². The third kappa shape index (κ3) is 5.17. The molecular weight excluding hydrogens is 337 g/mol. The minimum absolute atomic E-state index is 0.0241. The first kappa shape index (κ1) is 20.2. The summed E-state index contributed by atoms with van der Waals surface area (Å²) in [6.07, 6.45) is 7.07. The Morgan fingerprint density at radius 2 is 1.96 bits per heavy atom. The molecule has 2 saturated heterocycles. The van der Waals surface area contributed by atoms with Crippen molar-refractivity contribution in [2.45, 2.75) is 32.2 Å². The maximum atomic E-state index is 13.8. The number of amides is 2. The minimum Gasteiger partial charge on any atom is -0.396 e. The lowest BCUT2D eigenvalue weighted by Crippen LogP contribution is -2.56. The van der Waals surface area contributed by atoms with E-state index in [9.17, 15) is 14.0 Å². The summed E-state index contributed by atoms with van der Waals surface area (Å²) in [6, 6.07) is 0.144. The van der Waals surface area contributed by atoms with Crippen molar-refractivity contribution in [2.24, 2.45) is 0 Å². The molecule has 0 saturated carbocycles. The summed E-state index contributed by atoms with van der Waals surface area (Å²) in [5.41, 5.74) is 0.304. The minimum atomic E-state index is -0.574. The van der Waals surface area contributed by atoms with Gasteiger partial charge in [0.15, 0.2) is 0 Å². The number of likely N-dealkylation sites (tertiary alicyclic amines) is 1. The molecule has 2 rings (SSSR count). The Hall–Kier alpha value is -2.15. The van der Waals surface area contributed by atoms with Crippen LogP contribution < -0.4 is 0 Å². The third-order valence-corrected chi connectivity index (χ3v) is 4.91. The van der Waals surface area contributed by atoms with Gasteiger partial charge in [0.1, 0.15) is 5.83 Å².